The van der Waals surface area contributed by atoms with Crippen LogP contribution in [-0.2, 0) is 7.05 Å². The van der Waals surface area contributed by atoms with Gasteiger partial charge in [0.25, 0.3) is 0 Å². The zero-order valence-corrected chi connectivity index (χ0v) is 11.4. The first-order chi connectivity index (χ1) is 8.60. The lowest BCUT2D eigenvalue weighted by molar-refractivity contribution is 0.683. The molecule has 0 atom stereocenters. The summed E-state index contributed by atoms with van der Waals surface area (Å²) >= 11 is 1.34. The summed E-state index contributed by atoms with van der Waals surface area (Å²) in [5, 5.41) is 8.22. The van der Waals surface area contributed by atoms with E-state index in [-0.39, 0.29) is 0 Å². The van der Waals surface area contributed by atoms with Crippen LogP contribution < -0.4 is 10.2 Å². The molecule has 18 heavy (non-hydrogen) atoms. The summed E-state index contributed by atoms with van der Waals surface area (Å²) in [6.07, 6.45) is 1.50. The lowest BCUT2D eigenvalue weighted by atomic mass is 10.8. The minimum absolute atomic E-state index is 0.526. The van der Waals surface area contributed by atoms with Crippen LogP contribution in [0.5, 0.6) is 0 Å². The second kappa shape index (κ2) is 5.17. The van der Waals surface area contributed by atoms with E-state index >= 15 is 0 Å². The first kappa shape index (κ1) is 12.6. The van der Waals surface area contributed by atoms with Gasteiger partial charge in [0.05, 0.1) is 0 Å². The van der Waals surface area contributed by atoms with Crippen molar-refractivity contribution in [3.05, 3.63) is 6.33 Å². The molecule has 8 nitrogen and oxygen atoms in total. The second-order valence-corrected chi connectivity index (χ2v) is 4.59. The SMILES string of the molecule is CNc1nc(Sc2ncnn2C)nc(N(C)C)n1. The molecule has 0 saturated heterocycles. The largest absolute Gasteiger partial charge is 0.357 e. The van der Waals surface area contributed by atoms with Gasteiger partial charge in [-0.1, -0.05) is 0 Å². The zero-order chi connectivity index (χ0) is 13.1. The zero-order valence-electron chi connectivity index (χ0n) is 10.6. The van der Waals surface area contributed by atoms with Crippen molar-refractivity contribution >= 4 is 23.7 Å². The predicted octanol–water partition coefficient (Wildman–Crippen LogP) is 0.259. The predicted molar refractivity (Wildman–Crippen MR) is 68.8 cm³/mol. The molecule has 0 amide bonds. The number of nitrogens with one attached hydrogen (secondary N) is 1. The lowest BCUT2D eigenvalue weighted by Crippen LogP contribution is -2.15. The van der Waals surface area contributed by atoms with E-state index in [1.165, 1.54) is 18.1 Å². The smallest absolute Gasteiger partial charge is 0.230 e. The quantitative estimate of drug-likeness (QED) is 0.843. The summed E-state index contributed by atoms with van der Waals surface area (Å²) in [6, 6.07) is 0. The highest BCUT2D eigenvalue weighted by molar-refractivity contribution is 7.99. The van der Waals surface area contributed by atoms with Crippen LogP contribution in [-0.4, -0.2) is 50.9 Å². The third-order valence-corrected chi connectivity index (χ3v) is 3.00. The van der Waals surface area contributed by atoms with Gasteiger partial charge in [-0.15, -0.1) is 0 Å². The van der Waals surface area contributed by atoms with E-state index in [4.69, 9.17) is 0 Å². The molecule has 9 heteroatoms. The fourth-order valence-electron chi connectivity index (χ4n) is 1.16. The molecule has 0 bridgehead atoms. The average Bonchev–Trinajstić information content (AvgIpc) is 2.74. The van der Waals surface area contributed by atoms with Crippen LogP contribution in [0.2, 0.25) is 0 Å². The molecule has 0 saturated carbocycles. The number of nitrogens with zero attached hydrogens (tertiary/aromatic N) is 7. The van der Waals surface area contributed by atoms with E-state index in [0.29, 0.717) is 17.1 Å². The van der Waals surface area contributed by atoms with Gasteiger partial charge in [0.15, 0.2) is 5.16 Å². The summed E-state index contributed by atoms with van der Waals surface area (Å²) in [6.45, 7) is 0. The van der Waals surface area contributed by atoms with Gasteiger partial charge >= 0.3 is 0 Å². The van der Waals surface area contributed by atoms with E-state index < -0.39 is 0 Å². The highest BCUT2D eigenvalue weighted by atomic mass is 32.2. The Morgan fingerprint density at radius 3 is 2.61 bits per heavy atom. The molecule has 2 aromatic rings. The van der Waals surface area contributed by atoms with E-state index in [1.807, 2.05) is 26.0 Å². The Labute approximate surface area is 109 Å². The second-order valence-electron chi connectivity index (χ2n) is 3.65. The van der Waals surface area contributed by atoms with Gasteiger partial charge in [0.1, 0.15) is 6.33 Å². The maximum Gasteiger partial charge on any atom is 0.230 e. The van der Waals surface area contributed by atoms with Gasteiger partial charge in [-0.3, -0.25) is 0 Å². The molecule has 2 heterocycles. The van der Waals surface area contributed by atoms with Crippen molar-refractivity contribution in [2.75, 3.05) is 31.4 Å². The number of hydrogen-bond acceptors (Lipinski definition) is 8. The average molecular weight is 266 g/mol. The van der Waals surface area contributed by atoms with Crippen molar-refractivity contribution in [3.63, 3.8) is 0 Å². The molecule has 0 aliphatic carbocycles. The Morgan fingerprint density at radius 1 is 1.28 bits per heavy atom. The molecule has 0 fully saturated rings. The third-order valence-electron chi connectivity index (χ3n) is 2.08. The number of hydrogen-bond donors (Lipinski definition) is 1. The molecular formula is C9H14N8S. The summed E-state index contributed by atoms with van der Waals surface area (Å²) in [7, 11) is 7.35. The van der Waals surface area contributed by atoms with Crippen molar-refractivity contribution in [1.82, 2.24) is 29.7 Å². The standard InChI is InChI=1S/C9H14N8S/c1-10-6-13-7(16(2)3)15-8(14-6)18-9-11-5-12-17(9)4/h5H,1-4H3,(H,10,13,14,15). The van der Waals surface area contributed by atoms with Crippen LogP contribution in [0, 0.1) is 0 Å². The monoisotopic (exact) mass is 266 g/mol. The first-order valence-corrected chi connectivity index (χ1v) is 6.05. The molecule has 2 aromatic heterocycles. The Hall–Kier alpha value is -1.90. The van der Waals surface area contributed by atoms with Crippen molar-refractivity contribution in [2.45, 2.75) is 10.3 Å². The number of aromatic nitrogens is 6. The molecule has 96 valence electrons. The van der Waals surface area contributed by atoms with Gasteiger partial charge in [-0.2, -0.15) is 20.1 Å². The van der Waals surface area contributed by atoms with Crippen LogP contribution in [0.1, 0.15) is 0 Å². The van der Waals surface area contributed by atoms with Crippen LogP contribution in [0.3, 0.4) is 0 Å². The molecule has 2 rings (SSSR count). The van der Waals surface area contributed by atoms with E-state index in [1.54, 1.807) is 11.7 Å². The van der Waals surface area contributed by atoms with Gasteiger partial charge in [-0.25, -0.2) is 9.67 Å². The highest BCUT2D eigenvalue weighted by Gasteiger charge is 2.11. The Kier molecular flexibility index (Phi) is 3.60. The van der Waals surface area contributed by atoms with Gasteiger partial charge in [0, 0.05) is 28.2 Å². The number of aryl methyl sites for hydroxylation is 1. The minimum Gasteiger partial charge on any atom is -0.357 e. The van der Waals surface area contributed by atoms with Crippen LogP contribution in [0.4, 0.5) is 11.9 Å². The lowest BCUT2D eigenvalue weighted by Gasteiger charge is -2.11. The van der Waals surface area contributed by atoms with Crippen molar-refractivity contribution < 1.29 is 0 Å². The summed E-state index contributed by atoms with van der Waals surface area (Å²) in [4.78, 5) is 18.8. The van der Waals surface area contributed by atoms with Crippen molar-refractivity contribution in [2.24, 2.45) is 7.05 Å². The van der Waals surface area contributed by atoms with Gasteiger partial charge in [0.2, 0.25) is 17.1 Å². The molecule has 1 N–H and O–H groups in total. The normalized spacial score (nSPS) is 10.4. The molecule has 0 aliphatic rings. The Bertz CT molecular complexity index is 537. The van der Waals surface area contributed by atoms with E-state index in [0.717, 1.165) is 5.16 Å². The van der Waals surface area contributed by atoms with Crippen LogP contribution in [0.15, 0.2) is 16.6 Å². The van der Waals surface area contributed by atoms with Gasteiger partial charge in [-0.05, 0) is 11.8 Å². The molecule has 0 spiro atoms. The van der Waals surface area contributed by atoms with E-state index in [9.17, 15) is 0 Å². The Balaban J connectivity index is 2.32. The fourth-order valence-corrected chi connectivity index (χ4v) is 1.86. The van der Waals surface area contributed by atoms with Crippen molar-refractivity contribution in [3.8, 4) is 0 Å². The number of anilines is 2. The van der Waals surface area contributed by atoms with Crippen LogP contribution in [0.25, 0.3) is 0 Å². The first-order valence-electron chi connectivity index (χ1n) is 5.23. The van der Waals surface area contributed by atoms with Crippen LogP contribution >= 0.6 is 11.8 Å². The molecule has 0 aromatic carbocycles. The molecular weight excluding hydrogens is 252 g/mol. The topological polar surface area (TPSA) is 84.7 Å². The summed E-state index contributed by atoms with van der Waals surface area (Å²) in [5.41, 5.74) is 0. The van der Waals surface area contributed by atoms with E-state index in [2.05, 4.69) is 30.4 Å². The Morgan fingerprint density at radius 2 is 2.06 bits per heavy atom. The molecule has 0 aliphatic heterocycles. The van der Waals surface area contributed by atoms with Gasteiger partial charge < -0.3 is 10.2 Å². The fraction of sp³-hybridized carbons (Fsp3) is 0.444. The van der Waals surface area contributed by atoms with Crippen molar-refractivity contribution in [1.29, 1.82) is 0 Å². The maximum absolute atomic E-state index is 4.34. The summed E-state index contributed by atoms with van der Waals surface area (Å²) < 4.78 is 1.67. The highest BCUT2D eigenvalue weighted by Crippen LogP contribution is 2.23. The summed E-state index contributed by atoms with van der Waals surface area (Å²) in [5.74, 6) is 1.12. The third kappa shape index (κ3) is 2.67. The minimum atomic E-state index is 0.526. The molecule has 0 radical (unpaired) electrons. The maximum atomic E-state index is 4.34. The molecule has 0 unspecified atom stereocenters. The number of rotatable bonds is 4.